The van der Waals surface area contributed by atoms with Crippen LogP contribution < -0.4 is 20.1 Å². The van der Waals surface area contributed by atoms with Crippen LogP contribution in [0.3, 0.4) is 0 Å². The van der Waals surface area contributed by atoms with Crippen LogP contribution in [0.4, 0.5) is 0 Å². The lowest BCUT2D eigenvalue weighted by Gasteiger charge is -2.09. The molecule has 0 fully saturated rings. The van der Waals surface area contributed by atoms with E-state index in [1.165, 1.54) is 6.20 Å². The van der Waals surface area contributed by atoms with Crippen molar-refractivity contribution in [3.05, 3.63) is 70.4 Å². The van der Waals surface area contributed by atoms with Gasteiger partial charge in [0.1, 0.15) is 11.6 Å². The maximum Gasteiger partial charge on any atom is 0.263 e. The number of rotatable bonds is 9. The molecule has 2 rings (SSSR count). The molecule has 0 heterocycles. The summed E-state index contributed by atoms with van der Waals surface area (Å²) in [6.07, 6.45) is 2.12. The molecule has 2 aromatic rings. The Kier molecular flexibility index (Phi) is 8.19. The predicted octanol–water partition coefficient (Wildman–Crippen LogP) is 3.21. The second kappa shape index (κ2) is 10.9. The van der Waals surface area contributed by atoms with Gasteiger partial charge in [0.05, 0.1) is 14.2 Å². The van der Waals surface area contributed by atoms with Gasteiger partial charge in [-0.15, -0.1) is 0 Å². The largest absolute Gasteiger partial charge is 0.493 e. The molecule has 0 saturated carbocycles. The second-order valence-corrected chi connectivity index (χ2v) is 6.31. The van der Waals surface area contributed by atoms with E-state index < -0.39 is 5.91 Å². The van der Waals surface area contributed by atoms with Crippen LogP contribution in [0.25, 0.3) is 0 Å². The van der Waals surface area contributed by atoms with Crippen LogP contribution in [-0.4, -0.2) is 26.7 Å². The summed E-state index contributed by atoms with van der Waals surface area (Å²) in [5.74, 6) is 0.897. The van der Waals surface area contributed by atoms with E-state index in [1.807, 2.05) is 36.4 Å². The Hall–Kier alpha value is -3.17. The Bertz CT molecular complexity index is 873. The van der Waals surface area contributed by atoms with Crippen molar-refractivity contribution in [3.63, 3.8) is 0 Å². The van der Waals surface area contributed by atoms with Crippen LogP contribution in [-0.2, 0) is 17.8 Å². The van der Waals surface area contributed by atoms with Gasteiger partial charge in [-0.3, -0.25) is 4.79 Å². The molecule has 2 aromatic carbocycles. The number of benzene rings is 2. The first kappa shape index (κ1) is 21.1. The summed E-state index contributed by atoms with van der Waals surface area (Å²) in [7, 11) is 3.18. The van der Waals surface area contributed by atoms with Gasteiger partial charge in [0, 0.05) is 24.3 Å². The quantitative estimate of drug-likeness (QED) is 0.384. The topological polar surface area (TPSA) is 83.4 Å². The van der Waals surface area contributed by atoms with Gasteiger partial charge in [0.15, 0.2) is 11.5 Å². The molecule has 7 heteroatoms. The predicted molar refractivity (Wildman–Crippen MR) is 108 cm³/mol. The fourth-order valence-corrected chi connectivity index (χ4v) is 2.58. The van der Waals surface area contributed by atoms with E-state index in [4.69, 9.17) is 21.1 Å². The minimum Gasteiger partial charge on any atom is -0.493 e. The summed E-state index contributed by atoms with van der Waals surface area (Å²) in [5.41, 5.74) is 1.96. The van der Waals surface area contributed by atoms with E-state index in [0.717, 1.165) is 11.1 Å². The SMILES string of the molecule is COc1ccc(CCN/C=C(/C#N)C(=O)NCc2ccc(Cl)cc2)cc1OC. The van der Waals surface area contributed by atoms with Crippen molar-refractivity contribution in [2.24, 2.45) is 0 Å². The Morgan fingerprint density at radius 1 is 1.11 bits per heavy atom. The van der Waals surface area contributed by atoms with Crippen LogP contribution in [0.5, 0.6) is 11.5 Å². The minimum atomic E-state index is -0.434. The first-order chi connectivity index (χ1) is 13.6. The standard InChI is InChI=1S/C21H22ClN3O3/c1-27-19-8-5-15(11-20(19)28-2)9-10-24-14-17(12-23)21(26)25-13-16-3-6-18(22)7-4-16/h3-8,11,14,24H,9-10,13H2,1-2H3,(H,25,26)/b17-14-. The smallest absolute Gasteiger partial charge is 0.263 e. The zero-order chi connectivity index (χ0) is 20.4. The van der Waals surface area contributed by atoms with Crippen molar-refractivity contribution in [1.82, 2.24) is 10.6 Å². The van der Waals surface area contributed by atoms with Gasteiger partial charge in [-0.1, -0.05) is 29.8 Å². The molecule has 0 radical (unpaired) electrons. The van der Waals surface area contributed by atoms with E-state index in [-0.39, 0.29) is 5.57 Å². The highest BCUT2D eigenvalue weighted by Crippen LogP contribution is 2.27. The Morgan fingerprint density at radius 2 is 1.79 bits per heavy atom. The molecular weight excluding hydrogens is 378 g/mol. The Balaban J connectivity index is 1.84. The molecule has 6 nitrogen and oxygen atoms in total. The third-order valence-corrected chi connectivity index (χ3v) is 4.24. The maximum absolute atomic E-state index is 12.1. The molecule has 0 bridgehead atoms. The summed E-state index contributed by atoms with van der Waals surface area (Å²) < 4.78 is 10.5. The fourth-order valence-electron chi connectivity index (χ4n) is 2.46. The summed E-state index contributed by atoms with van der Waals surface area (Å²) in [5, 5.41) is 15.6. The molecule has 0 aromatic heterocycles. The van der Waals surface area contributed by atoms with Crippen molar-refractivity contribution >= 4 is 17.5 Å². The Morgan fingerprint density at radius 3 is 2.43 bits per heavy atom. The molecule has 0 aliphatic carbocycles. The van der Waals surface area contributed by atoms with Crippen LogP contribution >= 0.6 is 11.6 Å². The molecule has 28 heavy (non-hydrogen) atoms. The number of ether oxygens (including phenoxy) is 2. The first-order valence-corrected chi connectivity index (χ1v) is 9.02. The van der Waals surface area contributed by atoms with E-state index in [9.17, 15) is 10.1 Å². The van der Waals surface area contributed by atoms with Gasteiger partial charge in [0.2, 0.25) is 0 Å². The van der Waals surface area contributed by atoms with E-state index in [2.05, 4.69) is 10.6 Å². The van der Waals surface area contributed by atoms with Crippen molar-refractivity contribution in [2.45, 2.75) is 13.0 Å². The molecule has 0 spiro atoms. The van der Waals surface area contributed by atoms with Crippen molar-refractivity contribution in [1.29, 1.82) is 5.26 Å². The average molecular weight is 400 g/mol. The molecule has 0 atom stereocenters. The van der Waals surface area contributed by atoms with Crippen molar-refractivity contribution in [2.75, 3.05) is 20.8 Å². The van der Waals surface area contributed by atoms with Crippen LogP contribution in [0.15, 0.2) is 54.2 Å². The molecular formula is C21H22ClN3O3. The van der Waals surface area contributed by atoms with Crippen LogP contribution in [0.2, 0.25) is 5.02 Å². The molecule has 0 unspecified atom stereocenters. The molecule has 0 aliphatic heterocycles. The highest BCUT2D eigenvalue weighted by molar-refractivity contribution is 6.30. The van der Waals surface area contributed by atoms with E-state index in [1.54, 1.807) is 26.4 Å². The fraction of sp³-hybridized carbons (Fsp3) is 0.238. The molecule has 2 N–H and O–H groups in total. The molecule has 0 saturated heterocycles. The highest BCUT2D eigenvalue weighted by Gasteiger charge is 2.08. The second-order valence-electron chi connectivity index (χ2n) is 5.87. The average Bonchev–Trinajstić information content (AvgIpc) is 2.73. The summed E-state index contributed by atoms with van der Waals surface area (Å²) in [6.45, 7) is 0.881. The number of nitriles is 1. The molecule has 0 aliphatic rings. The van der Waals surface area contributed by atoms with Gasteiger partial charge in [-0.05, 0) is 41.8 Å². The zero-order valence-electron chi connectivity index (χ0n) is 15.8. The number of halogens is 1. The lowest BCUT2D eigenvalue weighted by molar-refractivity contribution is -0.117. The lowest BCUT2D eigenvalue weighted by atomic mass is 10.1. The molecule has 146 valence electrons. The first-order valence-electron chi connectivity index (χ1n) is 8.64. The third kappa shape index (κ3) is 6.22. The normalized spacial score (nSPS) is 10.7. The maximum atomic E-state index is 12.1. The minimum absolute atomic E-state index is 0.0151. The number of amides is 1. The number of methoxy groups -OCH3 is 2. The van der Waals surface area contributed by atoms with Gasteiger partial charge in [0.25, 0.3) is 5.91 Å². The monoisotopic (exact) mass is 399 g/mol. The number of nitrogens with zero attached hydrogens (tertiary/aromatic N) is 1. The molecule has 1 amide bonds. The van der Waals surface area contributed by atoms with Crippen LogP contribution in [0, 0.1) is 11.3 Å². The third-order valence-electron chi connectivity index (χ3n) is 3.98. The zero-order valence-corrected chi connectivity index (χ0v) is 16.5. The van der Waals surface area contributed by atoms with E-state index >= 15 is 0 Å². The summed E-state index contributed by atoms with van der Waals surface area (Å²) >= 11 is 5.83. The van der Waals surface area contributed by atoms with Gasteiger partial charge < -0.3 is 20.1 Å². The highest BCUT2D eigenvalue weighted by atomic mass is 35.5. The van der Waals surface area contributed by atoms with E-state index in [0.29, 0.717) is 36.0 Å². The van der Waals surface area contributed by atoms with Crippen molar-refractivity contribution < 1.29 is 14.3 Å². The van der Waals surface area contributed by atoms with Gasteiger partial charge >= 0.3 is 0 Å². The van der Waals surface area contributed by atoms with Gasteiger partial charge in [-0.25, -0.2) is 0 Å². The summed E-state index contributed by atoms with van der Waals surface area (Å²) in [4.78, 5) is 12.1. The number of carbonyl (C=O) groups is 1. The summed E-state index contributed by atoms with van der Waals surface area (Å²) in [6, 6.07) is 14.7. The van der Waals surface area contributed by atoms with Crippen LogP contribution in [0.1, 0.15) is 11.1 Å². The number of nitrogens with one attached hydrogen (secondary N) is 2. The number of hydrogen-bond acceptors (Lipinski definition) is 5. The van der Waals surface area contributed by atoms with Crippen molar-refractivity contribution in [3.8, 4) is 17.6 Å². The Labute approximate surface area is 169 Å². The van der Waals surface area contributed by atoms with Gasteiger partial charge in [-0.2, -0.15) is 5.26 Å². The number of hydrogen-bond donors (Lipinski definition) is 2. The number of carbonyl (C=O) groups excluding carboxylic acids is 1. The lowest BCUT2D eigenvalue weighted by Crippen LogP contribution is -2.25.